The molecule has 0 heterocycles. The summed E-state index contributed by atoms with van der Waals surface area (Å²) in [7, 11) is 4.37. The van der Waals surface area contributed by atoms with Gasteiger partial charge in [0, 0.05) is 13.1 Å². The first kappa shape index (κ1) is 11.0. The Hall–Kier alpha value is -0.0800. The first-order chi connectivity index (χ1) is 6.18. The molecule has 2 heteroatoms. The molecule has 1 aliphatic rings. The summed E-state index contributed by atoms with van der Waals surface area (Å²) in [6.45, 7) is 5.76. The van der Waals surface area contributed by atoms with E-state index in [1.807, 2.05) is 0 Å². The molecule has 2 nitrogen and oxygen atoms in total. The molecule has 1 fully saturated rings. The van der Waals surface area contributed by atoms with Crippen LogP contribution in [0.4, 0.5) is 0 Å². The quantitative estimate of drug-likeness (QED) is 0.700. The Morgan fingerprint density at radius 2 is 1.85 bits per heavy atom. The SMILES string of the molecule is CCNCC1(CN(C)C)CCCC1. The molecular weight excluding hydrogens is 160 g/mol. The van der Waals surface area contributed by atoms with Gasteiger partial charge in [-0.25, -0.2) is 0 Å². The van der Waals surface area contributed by atoms with E-state index in [0.29, 0.717) is 5.41 Å². The zero-order valence-electron chi connectivity index (χ0n) is 9.40. The lowest BCUT2D eigenvalue weighted by Gasteiger charge is -2.32. The van der Waals surface area contributed by atoms with Crippen LogP contribution in [0.3, 0.4) is 0 Å². The molecule has 0 aromatic carbocycles. The van der Waals surface area contributed by atoms with Gasteiger partial charge in [0.15, 0.2) is 0 Å². The molecule has 0 unspecified atom stereocenters. The first-order valence-corrected chi connectivity index (χ1v) is 5.54. The third-order valence-corrected chi connectivity index (χ3v) is 3.07. The highest BCUT2D eigenvalue weighted by Crippen LogP contribution is 2.37. The van der Waals surface area contributed by atoms with Gasteiger partial charge in [-0.15, -0.1) is 0 Å². The molecule has 0 aromatic rings. The summed E-state index contributed by atoms with van der Waals surface area (Å²) in [4.78, 5) is 2.34. The van der Waals surface area contributed by atoms with E-state index in [0.717, 1.165) is 6.54 Å². The standard InChI is InChI=1S/C11H24N2/c1-4-12-9-11(10-13(2)3)7-5-6-8-11/h12H,4-10H2,1-3H3. The molecule has 0 aromatic heterocycles. The average Bonchev–Trinajstić information content (AvgIpc) is 2.49. The van der Waals surface area contributed by atoms with Crippen LogP contribution in [-0.2, 0) is 0 Å². The number of hydrogen-bond acceptors (Lipinski definition) is 2. The van der Waals surface area contributed by atoms with Gasteiger partial charge < -0.3 is 10.2 Å². The van der Waals surface area contributed by atoms with Crippen LogP contribution in [-0.4, -0.2) is 38.6 Å². The van der Waals surface area contributed by atoms with E-state index in [2.05, 4.69) is 31.2 Å². The minimum Gasteiger partial charge on any atom is -0.316 e. The average molecular weight is 184 g/mol. The number of nitrogens with zero attached hydrogens (tertiary/aromatic N) is 1. The molecular formula is C11H24N2. The fourth-order valence-corrected chi connectivity index (χ4v) is 2.58. The molecule has 0 aliphatic heterocycles. The third kappa shape index (κ3) is 3.28. The molecule has 0 radical (unpaired) electrons. The van der Waals surface area contributed by atoms with Crippen molar-refractivity contribution < 1.29 is 0 Å². The molecule has 0 spiro atoms. The van der Waals surface area contributed by atoms with Gasteiger partial charge in [0.2, 0.25) is 0 Å². The van der Waals surface area contributed by atoms with E-state index in [9.17, 15) is 0 Å². The minimum atomic E-state index is 0.583. The second kappa shape index (κ2) is 4.97. The molecule has 1 saturated carbocycles. The normalized spacial score (nSPS) is 21.2. The third-order valence-electron chi connectivity index (χ3n) is 3.07. The Bertz CT molecular complexity index is 137. The molecule has 13 heavy (non-hydrogen) atoms. The lowest BCUT2D eigenvalue weighted by Crippen LogP contribution is -2.40. The largest absolute Gasteiger partial charge is 0.316 e. The lowest BCUT2D eigenvalue weighted by atomic mass is 9.85. The Kier molecular flexibility index (Phi) is 4.20. The van der Waals surface area contributed by atoms with Crippen LogP contribution in [0.2, 0.25) is 0 Å². The van der Waals surface area contributed by atoms with Gasteiger partial charge in [0.25, 0.3) is 0 Å². The van der Waals surface area contributed by atoms with E-state index >= 15 is 0 Å². The van der Waals surface area contributed by atoms with Crippen LogP contribution >= 0.6 is 0 Å². The van der Waals surface area contributed by atoms with Crippen LogP contribution in [0, 0.1) is 5.41 Å². The topological polar surface area (TPSA) is 15.3 Å². The Labute approximate surface area is 82.7 Å². The summed E-state index contributed by atoms with van der Waals surface area (Å²) >= 11 is 0. The van der Waals surface area contributed by atoms with Crippen molar-refractivity contribution in [2.75, 3.05) is 33.7 Å². The molecule has 1 N–H and O–H groups in total. The molecule has 0 atom stereocenters. The van der Waals surface area contributed by atoms with Gasteiger partial charge in [-0.1, -0.05) is 19.8 Å². The van der Waals surface area contributed by atoms with Gasteiger partial charge in [0.1, 0.15) is 0 Å². The highest BCUT2D eigenvalue weighted by Gasteiger charge is 2.33. The summed E-state index contributed by atoms with van der Waals surface area (Å²) in [6.07, 6.45) is 5.69. The van der Waals surface area contributed by atoms with Crippen LogP contribution in [0.15, 0.2) is 0 Å². The van der Waals surface area contributed by atoms with Crippen LogP contribution in [0.1, 0.15) is 32.6 Å². The maximum atomic E-state index is 3.51. The smallest absolute Gasteiger partial charge is 0.00440 e. The van der Waals surface area contributed by atoms with E-state index in [1.165, 1.54) is 38.8 Å². The highest BCUT2D eigenvalue weighted by atomic mass is 15.1. The molecule has 0 amide bonds. The van der Waals surface area contributed by atoms with Crippen molar-refractivity contribution in [1.29, 1.82) is 0 Å². The van der Waals surface area contributed by atoms with Crippen LogP contribution in [0.5, 0.6) is 0 Å². The second-order valence-electron chi connectivity index (χ2n) is 4.73. The fraction of sp³-hybridized carbons (Fsp3) is 1.00. The van der Waals surface area contributed by atoms with Crippen molar-refractivity contribution in [2.24, 2.45) is 5.41 Å². The van der Waals surface area contributed by atoms with Crippen LogP contribution < -0.4 is 5.32 Å². The maximum Gasteiger partial charge on any atom is 0.00440 e. The van der Waals surface area contributed by atoms with Gasteiger partial charge in [0.05, 0.1) is 0 Å². The summed E-state index contributed by atoms with van der Waals surface area (Å²) in [5.74, 6) is 0. The van der Waals surface area contributed by atoms with Gasteiger partial charge in [-0.05, 0) is 38.9 Å². The Morgan fingerprint density at radius 1 is 1.23 bits per heavy atom. The zero-order valence-corrected chi connectivity index (χ0v) is 9.40. The van der Waals surface area contributed by atoms with Crippen molar-refractivity contribution in [3.8, 4) is 0 Å². The Balaban J connectivity index is 2.42. The molecule has 0 saturated heterocycles. The first-order valence-electron chi connectivity index (χ1n) is 5.54. The van der Waals surface area contributed by atoms with E-state index in [4.69, 9.17) is 0 Å². The van der Waals surface area contributed by atoms with Gasteiger partial charge >= 0.3 is 0 Å². The summed E-state index contributed by atoms with van der Waals surface area (Å²) in [5.41, 5.74) is 0.583. The van der Waals surface area contributed by atoms with Crippen molar-refractivity contribution in [3.63, 3.8) is 0 Å². The van der Waals surface area contributed by atoms with Crippen molar-refractivity contribution in [1.82, 2.24) is 10.2 Å². The molecule has 0 bridgehead atoms. The Morgan fingerprint density at radius 3 is 2.31 bits per heavy atom. The predicted octanol–water partition coefficient (Wildman–Crippen LogP) is 1.72. The molecule has 1 rings (SSSR count). The minimum absolute atomic E-state index is 0.583. The summed E-state index contributed by atoms with van der Waals surface area (Å²) in [6, 6.07) is 0. The fourth-order valence-electron chi connectivity index (χ4n) is 2.58. The number of hydrogen-bond donors (Lipinski definition) is 1. The summed E-state index contributed by atoms with van der Waals surface area (Å²) in [5, 5.41) is 3.51. The van der Waals surface area contributed by atoms with Crippen molar-refractivity contribution in [2.45, 2.75) is 32.6 Å². The zero-order chi connectivity index (χ0) is 9.73. The maximum absolute atomic E-state index is 3.51. The van der Waals surface area contributed by atoms with E-state index < -0.39 is 0 Å². The monoisotopic (exact) mass is 184 g/mol. The van der Waals surface area contributed by atoms with Crippen molar-refractivity contribution >= 4 is 0 Å². The van der Waals surface area contributed by atoms with Gasteiger partial charge in [-0.3, -0.25) is 0 Å². The summed E-state index contributed by atoms with van der Waals surface area (Å²) < 4.78 is 0. The van der Waals surface area contributed by atoms with E-state index in [-0.39, 0.29) is 0 Å². The van der Waals surface area contributed by atoms with Gasteiger partial charge in [-0.2, -0.15) is 0 Å². The molecule has 1 aliphatic carbocycles. The number of rotatable bonds is 5. The highest BCUT2D eigenvalue weighted by molar-refractivity contribution is 4.88. The number of nitrogens with one attached hydrogen (secondary N) is 1. The van der Waals surface area contributed by atoms with Crippen molar-refractivity contribution in [3.05, 3.63) is 0 Å². The van der Waals surface area contributed by atoms with Crippen LogP contribution in [0.25, 0.3) is 0 Å². The lowest BCUT2D eigenvalue weighted by molar-refractivity contribution is 0.196. The second-order valence-corrected chi connectivity index (χ2v) is 4.73. The van der Waals surface area contributed by atoms with E-state index in [1.54, 1.807) is 0 Å². The predicted molar refractivity (Wildman–Crippen MR) is 58.0 cm³/mol. The molecule has 78 valence electrons.